The van der Waals surface area contributed by atoms with E-state index in [1.165, 1.54) is 12.1 Å². The maximum absolute atomic E-state index is 12.6. The zero-order valence-corrected chi connectivity index (χ0v) is 14.1. The number of hydrogen-bond acceptors (Lipinski definition) is 6. The molecule has 1 heterocycles. The minimum absolute atomic E-state index is 0.0639. The number of carbonyl (C=O) groups excluding carboxylic acids is 1. The number of hydrogen-bond donors (Lipinski definition) is 1. The number of unbranched alkanes of at least 4 members (excludes halogenated alkanes) is 1. The monoisotopic (exact) mass is 375 g/mol. The summed E-state index contributed by atoms with van der Waals surface area (Å²) in [6, 6.07) is 4.55. The molecule has 0 aliphatic carbocycles. The lowest BCUT2D eigenvalue weighted by molar-refractivity contribution is -0.137. The van der Waals surface area contributed by atoms with Crippen LogP contribution in [0.1, 0.15) is 30.3 Å². The molecule has 1 N–H and O–H groups in total. The van der Waals surface area contributed by atoms with Gasteiger partial charge < -0.3 is 9.47 Å². The summed E-state index contributed by atoms with van der Waals surface area (Å²) >= 11 is 1.05. The first-order valence-electron chi connectivity index (χ1n) is 7.44. The summed E-state index contributed by atoms with van der Waals surface area (Å²) in [7, 11) is 0. The summed E-state index contributed by atoms with van der Waals surface area (Å²) in [4.78, 5) is 11.5. The van der Waals surface area contributed by atoms with Crippen LogP contribution in [0.15, 0.2) is 24.3 Å². The first-order chi connectivity index (χ1) is 11.9. The molecule has 0 radical (unpaired) electrons. The zero-order valence-electron chi connectivity index (χ0n) is 13.3. The summed E-state index contributed by atoms with van der Waals surface area (Å²) in [5.74, 6) is 0.0681. The molecule has 6 nitrogen and oxygen atoms in total. The summed E-state index contributed by atoms with van der Waals surface area (Å²) < 4.78 is 48.1. The molecule has 1 aromatic heterocycles. The fourth-order valence-electron chi connectivity index (χ4n) is 1.70. The van der Waals surface area contributed by atoms with Crippen LogP contribution in [0.4, 0.5) is 23.1 Å². The molecule has 1 amide bonds. The maximum Gasteiger partial charge on any atom is 0.416 e. The van der Waals surface area contributed by atoms with Crippen LogP contribution in [-0.2, 0) is 17.5 Å². The van der Waals surface area contributed by atoms with Crippen molar-refractivity contribution in [3.05, 3.63) is 34.8 Å². The summed E-state index contributed by atoms with van der Waals surface area (Å²) in [6.07, 6.45) is -3.39. The maximum atomic E-state index is 12.6. The van der Waals surface area contributed by atoms with Crippen molar-refractivity contribution in [1.29, 1.82) is 0 Å². The number of carbonyl (C=O) groups is 1. The molecule has 0 saturated heterocycles. The van der Waals surface area contributed by atoms with Crippen molar-refractivity contribution in [2.24, 2.45) is 0 Å². The highest BCUT2D eigenvalue weighted by molar-refractivity contribution is 7.15. The van der Waals surface area contributed by atoms with Gasteiger partial charge in [-0.15, -0.1) is 10.2 Å². The van der Waals surface area contributed by atoms with E-state index in [4.69, 9.17) is 9.47 Å². The van der Waals surface area contributed by atoms with Crippen LogP contribution in [0.2, 0.25) is 0 Å². The van der Waals surface area contributed by atoms with Crippen LogP contribution in [0, 0.1) is 0 Å². The fourth-order valence-corrected chi connectivity index (χ4v) is 2.34. The highest BCUT2D eigenvalue weighted by atomic mass is 32.1. The smallest absolute Gasteiger partial charge is 0.416 e. The Bertz CT molecular complexity index is 707. The van der Waals surface area contributed by atoms with Crippen molar-refractivity contribution in [2.75, 3.05) is 11.9 Å². The van der Waals surface area contributed by atoms with E-state index in [1.54, 1.807) is 0 Å². The average molecular weight is 375 g/mol. The molecule has 0 atom stereocenters. The largest absolute Gasteiger partial charge is 0.486 e. The number of aromatic nitrogens is 2. The van der Waals surface area contributed by atoms with Gasteiger partial charge >= 0.3 is 12.3 Å². The van der Waals surface area contributed by atoms with Gasteiger partial charge in [-0.3, -0.25) is 5.32 Å². The van der Waals surface area contributed by atoms with E-state index < -0.39 is 17.8 Å². The van der Waals surface area contributed by atoms with E-state index in [1.807, 2.05) is 6.92 Å². The molecular formula is C15H16F3N3O3S. The van der Waals surface area contributed by atoms with Gasteiger partial charge in [0.15, 0.2) is 5.01 Å². The number of nitrogens with zero attached hydrogens (tertiary/aromatic N) is 2. The van der Waals surface area contributed by atoms with E-state index in [0.717, 1.165) is 36.3 Å². The van der Waals surface area contributed by atoms with Gasteiger partial charge in [0.05, 0.1) is 12.2 Å². The topological polar surface area (TPSA) is 73.3 Å². The van der Waals surface area contributed by atoms with Crippen molar-refractivity contribution in [3.8, 4) is 5.75 Å². The van der Waals surface area contributed by atoms with Gasteiger partial charge in [-0.1, -0.05) is 30.7 Å². The molecule has 0 unspecified atom stereocenters. The number of nitrogens with one attached hydrogen (secondary N) is 1. The normalized spacial score (nSPS) is 11.2. The Hall–Kier alpha value is -2.36. The second-order valence-corrected chi connectivity index (χ2v) is 5.99. The van der Waals surface area contributed by atoms with Gasteiger partial charge in [0.2, 0.25) is 5.13 Å². The van der Waals surface area contributed by atoms with Crippen molar-refractivity contribution >= 4 is 22.6 Å². The van der Waals surface area contributed by atoms with E-state index in [9.17, 15) is 18.0 Å². The zero-order chi connectivity index (χ0) is 18.3. The molecular weight excluding hydrogens is 359 g/mol. The number of anilines is 1. The van der Waals surface area contributed by atoms with Crippen LogP contribution in [0.3, 0.4) is 0 Å². The molecule has 0 spiro atoms. The lowest BCUT2D eigenvalue weighted by Gasteiger charge is -2.09. The van der Waals surface area contributed by atoms with Crippen LogP contribution in [0.25, 0.3) is 0 Å². The Labute approximate surface area is 146 Å². The second-order valence-electron chi connectivity index (χ2n) is 4.93. The molecule has 0 fully saturated rings. The second kappa shape index (κ2) is 8.65. The number of halogens is 3. The predicted octanol–water partition coefficient (Wildman–Crippen LogP) is 4.48. The fraction of sp³-hybridized carbons (Fsp3) is 0.400. The Morgan fingerprint density at radius 3 is 2.84 bits per heavy atom. The summed E-state index contributed by atoms with van der Waals surface area (Å²) in [6.45, 7) is 2.22. The van der Waals surface area contributed by atoms with E-state index >= 15 is 0 Å². The highest BCUT2D eigenvalue weighted by Crippen LogP contribution is 2.31. The number of rotatable bonds is 7. The SMILES string of the molecule is CCCCOC(=O)Nc1nnc(COc2cccc(C(F)(F)F)c2)s1. The lowest BCUT2D eigenvalue weighted by Crippen LogP contribution is -2.14. The van der Waals surface area contributed by atoms with Gasteiger partial charge in [-0.2, -0.15) is 13.2 Å². The number of amides is 1. The molecule has 1 aromatic carbocycles. The van der Waals surface area contributed by atoms with E-state index in [2.05, 4.69) is 15.5 Å². The summed E-state index contributed by atoms with van der Waals surface area (Å²) in [5, 5.41) is 10.6. The lowest BCUT2D eigenvalue weighted by atomic mass is 10.2. The van der Waals surface area contributed by atoms with E-state index in [0.29, 0.717) is 11.6 Å². The summed E-state index contributed by atoms with van der Waals surface area (Å²) in [5.41, 5.74) is -0.792. The Kier molecular flexibility index (Phi) is 6.57. The Morgan fingerprint density at radius 1 is 1.32 bits per heavy atom. The van der Waals surface area contributed by atoms with Gasteiger partial charge in [0.25, 0.3) is 0 Å². The third-order valence-electron chi connectivity index (χ3n) is 2.93. The van der Waals surface area contributed by atoms with E-state index in [-0.39, 0.29) is 17.5 Å². The first-order valence-corrected chi connectivity index (χ1v) is 8.26. The van der Waals surface area contributed by atoms with Crippen molar-refractivity contribution in [1.82, 2.24) is 10.2 Å². The van der Waals surface area contributed by atoms with Gasteiger partial charge in [-0.05, 0) is 24.6 Å². The molecule has 136 valence electrons. The van der Waals surface area contributed by atoms with Crippen molar-refractivity contribution < 1.29 is 27.4 Å². The molecule has 0 saturated carbocycles. The van der Waals surface area contributed by atoms with Gasteiger partial charge in [-0.25, -0.2) is 4.79 Å². The Balaban J connectivity index is 1.86. The molecule has 10 heteroatoms. The Morgan fingerprint density at radius 2 is 2.12 bits per heavy atom. The minimum atomic E-state index is -4.43. The molecule has 2 rings (SSSR count). The van der Waals surface area contributed by atoms with Crippen molar-refractivity contribution in [3.63, 3.8) is 0 Å². The van der Waals surface area contributed by atoms with Gasteiger partial charge in [0.1, 0.15) is 12.4 Å². The highest BCUT2D eigenvalue weighted by Gasteiger charge is 2.30. The average Bonchev–Trinajstić information content (AvgIpc) is 3.00. The number of ether oxygens (including phenoxy) is 2. The standard InChI is InChI=1S/C15H16F3N3O3S/c1-2-3-7-23-14(22)19-13-21-20-12(25-13)9-24-11-6-4-5-10(8-11)15(16,17)18/h4-6,8H,2-3,7,9H2,1H3,(H,19,21,22). The van der Waals surface area contributed by atoms with Crippen LogP contribution < -0.4 is 10.1 Å². The molecule has 2 aromatic rings. The van der Waals surface area contributed by atoms with Crippen LogP contribution in [0.5, 0.6) is 5.75 Å². The molecule has 0 bridgehead atoms. The van der Waals surface area contributed by atoms with Gasteiger partial charge in [0, 0.05) is 0 Å². The quantitative estimate of drug-likeness (QED) is 0.722. The first kappa shape index (κ1) is 19.0. The van der Waals surface area contributed by atoms with Crippen LogP contribution >= 0.6 is 11.3 Å². The number of benzene rings is 1. The number of alkyl halides is 3. The predicted molar refractivity (Wildman–Crippen MR) is 85.6 cm³/mol. The molecule has 25 heavy (non-hydrogen) atoms. The minimum Gasteiger partial charge on any atom is -0.486 e. The molecule has 0 aliphatic rings. The van der Waals surface area contributed by atoms with Crippen molar-refractivity contribution in [2.45, 2.75) is 32.5 Å². The molecule has 0 aliphatic heterocycles. The third kappa shape index (κ3) is 6.22. The third-order valence-corrected chi connectivity index (χ3v) is 3.74. The van der Waals surface area contributed by atoms with Crippen LogP contribution in [-0.4, -0.2) is 22.9 Å².